The Bertz CT molecular complexity index is 3230. The van der Waals surface area contributed by atoms with Gasteiger partial charge in [0.25, 0.3) is 23.6 Å². The molecule has 0 saturated carbocycles. The lowest BCUT2D eigenvalue weighted by Crippen LogP contribution is -2.55. The van der Waals surface area contributed by atoms with Crippen LogP contribution in [0.3, 0.4) is 0 Å². The molecule has 0 spiro atoms. The van der Waals surface area contributed by atoms with E-state index in [0.29, 0.717) is 27.7 Å². The number of hydrogen-bond donors (Lipinski definition) is 0. The highest BCUT2D eigenvalue weighted by Crippen LogP contribution is 2.25. The third-order valence-electron chi connectivity index (χ3n) is 14.9. The fourth-order valence-electron chi connectivity index (χ4n) is 10.1. The second-order valence-electron chi connectivity index (χ2n) is 23.9. The molecule has 0 bridgehead atoms. The summed E-state index contributed by atoms with van der Waals surface area (Å²) in [6, 6.07) is 15.8. The van der Waals surface area contributed by atoms with E-state index in [2.05, 4.69) is 26.1 Å². The standard InChI is InChI=1S/C63H80BrN11O12/c1-36(2)23-50-60(80)84-41(10)57(77)71(12)53(26-39(7)8)63(83)87-55(28-43-17-21-45(22-18-43)34-75-47(31-66)29-46(30-65)68-75)59(79)73(14)51(24-37(3)4)61(81)85-40(9)56(76)70(11)52(25-38(5)6)62(82)86-54(58(78)72(50)13)27-42-15-19-44(20-16-42)33-74-35-48(64)49(32-67)69-74/h15-22,29,35-41,50-55H,23-28,33-34H2,1-14H3/t40-,41-,50+,51+,52+,53+,54-,55-/m1/s1. The molecule has 466 valence electrons. The third kappa shape index (κ3) is 18.8. The van der Waals surface area contributed by atoms with Crippen LogP contribution in [0.4, 0.5) is 0 Å². The largest absolute Gasteiger partial charge is 0.451 e. The zero-order chi connectivity index (χ0) is 64.7. The highest BCUT2D eigenvalue weighted by atomic mass is 79.9. The van der Waals surface area contributed by atoms with Crippen LogP contribution in [0.2, 0.25) is 0 Å². The lowest BCUT2D eigenvalue weighted by molar-refractivity contribution is -0.176. The minimum absolute atomic E-state index is 0.0288. The van der Waals surface area contributed by atoms with Crippen LogP contribution >= 0.6 is 15.9 Å². The number of carbonyl (C=O) groups is 8. The lowest BCUT2D eigenvalue weighted by atomic mass is 9.99. The van der Waals surface area contributed by atoms with E-state index in [1.165, 1.54) is 52.8 Å². The average molecular weight is 1260 g/mol. The van der Waals surface area contributed by atoms with E-state index in [0.717, 1.165) is 25.2 Å². The molecule has 1 saturated heterocycles. The highest BCUT2D eigenvalue weighted by molar-refractivity contribution is 9.10. The van der Waals surface area contributed by atoms with Crippen LogP contribution < -0.4 is 0 Å². The highest BCUT2D eigenvalue weighted by Gasteiger charge is 2.43. The van der Waals surface area contributed by atoms with Gasteiger partial charge in [0, 0.05) is 53.3 Å². The van der Waals surface area contributed by atoms with E-state index in [1.807, 2.05) is 73.6 Å². The number of benzene rings is 2. The number of cyclic esters (lactones) is 4. The summed E-state index contributed by atoms with van der Waals surface area (Å²) in [6.07, 6.45) is -4.92. The third-order valence-corrected chi connectivity index (χ3v) is 15.5. The smallest absolute Gasteiger partial charge is 0.329 e. The maximum Gasteiger partial charge on any atom is 0.329 e. The van der Waals surface area contributed by atoms with Crippen molar-refractivity contribution in [2.45, 2.75) is 169 Å². The number of carbonyl (C=O) groups excluding carboxylic acids is 8. The molecule has 0 unspecified atom stereocenters. The van der Waals surface area contributed by atoms with Gasteiger partial charge in [0.1, 0.15) is 48.1 Å². The van der Waals surface area contributed by atoms with Crippen molar-refractivity contribution in [2.75, 3.05) is 28.2 Å². The molecule has 4 amide bonds. The Kier molecular flexibility index (Phi) is 24.9. The first kappa shape index (κ1) is 69.3. The summed E-state index contributed by atoms with van der Waals surface area (Å²) in [5.74, 6) is -8.04. The van der Waals surface area contributed by atoms with Crippen molar-refractivity contribution in [2.24, 2.45) is 23.7 Å². The summed E-state index contributed by atoms with van der Waals surface area (Å²) in [6.45, 7) is 17.6. The van der Waals surface area contributed by atoms with E-state index in [1.54, 1.807) is 59.4 Å². The van der Waals surface area contributed by atoms with Crippen molar-refractivity contribution < 1.29 is 57.3 Å². The van der Waals surface area contributed by atoms with Crippen molar-refractivity contribution in [1.82, 2.24) is 39.2 Å². The van der Waals surface area contributed by atoms with Gasteiger partial charge in [0.05, 0.1) is 17.6 Å². The maximum absolute atomic E-state index is 15.1. The van der Waals surface area contributed by atoms with Gasteiger partial charge >= 0.3 is 23.9 Å². The van der Waals surface area contributed by atoms with Crippen molar-refractivity contribution in [3.05, 3.63) is 105 Å². The van der Waals surface area contributed by atoms with E-state index in [-0.39, 0.29) is 85.8 Å². The number of halogens is 1. The molecule has 0 aliphatic carbocycles. The monoisotopic (exact) mass is 1260 g/mol. The molecular weight excluding hydrogens is 1180 g/mol. The molecule has 24 heteroatoms. The van der Waals surface area contributed by atoms with Crippen LogP contribution in [0.1, 0.15) is 134 Å². The number of rotatable bonds is 16. The van der Waals surface area contributed by atoms with Gasteiger partial charge in [-0.2, -0.15) is 26.0 Å². The molecule has 8 atom stereocenters. The molecule has 2 aromatic heterocycles. The van der Waals surface area contributed by atoms with Gasteiger partial charge in [-0.1, -0.05) is 104 Å². The number of likely N-dealkylation sites (N-methyl/N-ethyl adjacent to an activating group) is 4. The topological polar surface area (TPSA) is 293 Å². The summed E-state index contributed by atoms with van der Waals surface area (Å²) in [4.78, 5) is 122. The molecule has 23 nitrogen and oxygen atoms in total. The normalized spacial score (nSPS) is 22.0. The molecule has 1 aliphatic heterocycles. The fourth-order valence-corrected chi connectivity index (χ4v) is 10.5. The molecule has 0 radical (unpaired) electrons. The second-order valence-corrected chi connectivity index (χ2v) is 24.7. The molecular formula is C63H80BrN11O12. The van der Waals surface area contributed by atoms with Crippen LogP contribution in [-0.2, 0) is 83.2 Å². The second kappa shape index (κ2) is 31.3. The Labute approximate surface area is 517 Å². The summed E-state index contributed by atoms with van der Waals surface area (Å²) >= 11 is 3.34. The van der Waals surface area contributed by atoms with Gasteiger partial charge in [-0.15, -0.1) is 0 Å². The van der Waals surface area contributed by atoms with E-state index in [4.69, 9.17) is 18.9 Å². The summed E-state index contributed by atoms with van der Waals surface area (Å²) in [5, 5.41) is 36.9. The van der Waals surface area contributed by atoms with E-state index in [9.17, 15) is 44.6 Å². The van der Waals surface area contributed by atoms with Crippen molar-refractivity contribution >= 4 is 63.4 Å². The minimum Gasteiger partial charge on any atom is -0.451 e. The van der Waals surface area contributed by atoms with Crippen LogP contribution in [0, 0.1) is 57.7 Å². The first-order valence-corrected chi connectivity index (χ1v) is 29.8. The molecule has 87 heavy (non-hydrogen) atoms. The first-order valence-electron chi connectivity index (χ1n) is 29.0. The molecule has 2 aromatic carbocycles. The molecule has 3 heterocycles. The Balaban J connectivity index is 1.59. The average Bonchev–Trinajstić information content (AvgIpc) is 3.92. The lowest BCUT2D eigenvalue weighted by Gasteiger charge is -2.35. The summed E-state index contributed by atoms with van der Waals surface area (Å²) < 4.78 is 27.6. The minimum atomic E-state index is -1.62. The quantitative estimate of drug-likeness (QED) is 0.0850. The van der Waals surface area contributed by atoms with Crippen LogP contribution in [0.25, 0.3) is 0 Å². The van der Waals surface area contributed by atoms with Crippen molar-refractivity contribution in [1.29, 1.82) is 15.8 Å². The fraction of sp³-hybridized carbons (Fsp3) is 0.540. The van der Waals surface area contributed by atoms with Crippen LogP contribution in [0.15, 0.2) is 65.3 Å². The van der Waals surface area contributed by atoms with Crippen LogP contribution in [0.5, 0.6) is 0 Å². The predicted molar refractivity (Wildman–Crippen MR) is 320 cm³/mol. The molecule has 1 fully saturated rings. The van der Waals surface area contributed by atoms with E-state index >= 15 is 9.59 Å². The predicted octanol–water partition coefficient (Wildman–Crippen LogP) is 6.53. The molecule has 0 N–H and O–H groups in total. The van der Waals surface area contributed by atoms with Gasteiger partial charge in [0.2, 0.25) is 0 Å². The van der Waals surface area contributed by atoms with Gasteiger partial charge in [-0.25, -0.2) is 23.9 Å². The Morgan fingerprint density at radius 1 is 0.483 bits per heavy atom. The number of ether oxygens (including phenoxy) is 4. The molecule has 1 aliphatic rings. The van der Waals surface area contributed by atoms with Gasteiger partial charge < -0.3 is 38.5 Å². The van der Waals surface area contributed by atoms with Crippen molar-refractivity contribution in [3.8, 4) is 18.2 Å². The number of aromatic nitrogens is 4. The Morgan fingerprint density at radius 3 is 1.16 bits per heavy atom. The number of nitriles is 3. The number of amides is 4. The molecule has 5 rings (SSSR count). The van der Waals surface area contributed by atoms with Gasteiger partial charge in [0.15, 0.2) is 35.8 Å². The first-order chi connectivity index (χ1) is 41.0. The SMILES string of the molecule is CC(C)C[C@H]1C(=O)O[C@H](Cc2ccc(Cn3nc(C#N)cc3C#N)cc2)C(=O)N(C)[C@@H](CC(C)C)C(=O)O[C@H](C)C(=O)N(C)[C@@H](CC(C)C)C(=O)O[C@H](Cc2ccc(Cn3cc(Br)c(C#N)n3)cc2)C(=O)N(C)[C@@H](CC(C)C)C(=O)O[C@H](C)C(=O)N1C. The Hall–Kier alpha value is -8.43. The zero-order valence-corrected chi connectivity index (χ0v) is 53.6. The molecule has 4 aromatic rings. The zero-order valence-electron chi connectivity index (χ0n) is 52.1. The van der Waals surface area contributed by atoms with Crippen molar-refractivity contribution in [3.63, 3.8) is 0 Å². The maximum atomic E-state index is 15.1. The van der Waals surface area contributed by atoms with Gasteiger partial charge in [-0.05, 0) is 101 Å². The van der Waals surface area contributed by atoms with Crippen LogP contribution in [-0.4, -0.2) is 163 Å². The summed E-state index contributed by atoms with van der Waals surface area (Å²) in [7, 11) is 5.41. The summed E-state index contributed by atoms with van der Waals surface area (Å²) in [5.41, 5.74) is 2.96. The van der Waals surface area contributed by atoms with E-state index < -0.39 is 96.1 Å². The number of hydrogen-bond acceptors (Lipinski definition) is 17. The van der Waals surface area contributed by atoms with Gasteiger partial charge in [-0.3, -0.25) is 23.9 Å². The number of esters is 4. The Morgan fingerprint density at radius 2 is 0.828 bits per heavy atom. The number of nitrogens with zero attached hydrogens (tertiary/aromatic N) is 11.